The van der Waals surface area contributed by atoms with Gasteiger partial charge in [-0.25, -0.2) is 0 Å². The number of rotatable bonds is 7. The largest absolute Gasteiger partial charge is 0.459 e. The second kappa shape index (κ2) is 9.13. The molecule has 2 heterocycles. The lowest BCUT2D eigenvalue weighted by atomic mass is 9.45. The highest BCUT2D eigenvalue weighted by Crippen LogP contribution is 2.50. The van der Waals surface area contributed by atoms with Crippen LogP contribution in [0.1, 0.15) is 78.9 Å². The molecule has 1 unspecified atom stereocenters. The normalized spacial score (nSPS) is 23.4. The van der Waals surface area contributed by atoms with Crippen molar-refractivity contribution < 1.29 is 18.6 Å². The van der Waals surface area contributed by atoms with E-state index in [1.165, 1.54) is 11.1 Å². The van der Waals surface area contributed by atoms with Crippen molar-refractivity contribution in [3.8, 4) is 0 Å². The number of benzene rings is 2. The molecule has 0 aromatic heterocycles. The lowest BCUT2D eigenvalue weighted by molar-refractivity contribution is 0.00578. The fourth-order valence-electron chi connectivity index (χ4n) is 4.85. The lowest BCUT2D eigenvalue weighted by Gasteiger charge is -2.32. The van der Waals surface area contributed by atoms with Gasteiger partial charge >= 0.3 is 14.2 Å². The quantitative estimate of drug-likeness (QED) is 0.441. The van der Waals surface area contributed by atoms with Gasteiger partial charge in [0.1, 0.15) is 0 Å². The standard InChI is InChI=1S/C28H40B2O4/c1-25(2)26(3,4)32-29(31-25)24(30-33-27(5,6)28(7,8)34-30)23(22-17-13-10-14-18-22)20-19-21-15-11-9-12-16-21/h9-18,23-24H,19-20H2,1-8H3. The van der Waals surface area contributed by atoms with E-state index in [1.807, 2.05) is 0 Å². The Kier molecular flexibility index (Phi) is 6.85. The van der Waals surface area contributed by atoms with Gasteiger partial charge in [-0.05, 0) is 85.3 Å². The lowest BCUT2D eigenvalue weighted by Crippen LogP contribution is -2.42. The summed E-state index contributed by atoms with van der Waals surface area (Å²) < 4.78 is 26.6. The highest BCUT2D eigenvalue weighted by molar-refractivity contribution is 6.68. The molecule has 2 aromatic carbocycles. The highest BCUT2D eigenvalue weighted by Gasteiger charge is 2.63. The van der Waals surface area contributed by atoms with Gasteiger partial charge in [-0.2, -0.15) is 0 Å². The van der Waals surface area contributed by atoms with Gasteiger partial charge in [-0.15, -0.1) is 0 Å². The van der Waals surface area contributed by atoms with Crippen molar-refractivity contribution >= 4 is 14.2 Å². The molecule has 1 atom stereocenters. The van der Waals surface area contributed by atoms with Crippen LogP contribution >= 0.6 is 0 Å². The summed E-state index contributed by atoms with van der Waals surface area (Å²) in [4.78, 5) is 0. The van der Waals surface area contributed by atoms with E-state index in [1.54, 1.807) is 0 Å². The van der Waals surface area contributed by atoms with Gasteiger partial charge in [0.05, 0.1) is 22.4 Å². The Morgan fingerprint density at radius 1 is 0.588 bits per heavy atom. The van der Waals surface area contributed by atoms with Crippen LogP contribution in [-0.4, -0.2) is 36.6 Å². The Labute approximate surface area is 207 Å². The molecule has 0 N–H and O–H groups in total. The minimum Gasteiger partial charge on any atom is -0.403 e. The molecule has 0 spiro atoms. The molecule has 2 aromatic rings. The third kappa shape index (κ3) is 4.88. The zero-order chi connectivity index (χ0) is 24.8. The number of hydrogen-bond donors (Lipinski definition) is 0. The van der Waals surface area contributed by atoms with E-state index in [0.29, 0.717) is 0 Å². The zero-order valence-electron chi connectivity index (χ0n) is 22.1. The highest BCUT2D eigenvalue weighted by atomic mass is 16.7. The average Bonchev–Trinajstić information content (AvgIpc) is 3.11. The van der Waals surface area contributed by atoms with E-state index < -0.39 is 36.6 Å². The molecule has 0 saturated carbocycles. The van der Waals surface area contributed by atoms with Crippen molar-refractivity contribution in [3.05, 3.63) is 71.8 Å². The third-order valence-corrected chi connectivity index (χ3v) is 8.45. The SMILES string of the molecule is CC1(C)OB(C(B2OC(C)(C)C(C)(C)O2)C(CCc2ccccc2)c2ccccc2)OC1(C)C. The predicted octanol–water partition coefficient (Wildman–Crippen LogP) is 6.50. The Hall–Kier alpha value is -1.59. The van der Waals surface area contributed by atoms with E-state index in [9.17, 15) is 0 Å². The molecule has 0 aliphatic carbocycles. The molecule has 2 saturated heterocycles. The van der Waals surface area contributed by atoms with Crippen molar-refractivity contribution in [3.63, 3.8) is 0 Å². The fourth-order valence-corrected chi connectivity index (χ4v) is 4.85. The summed E-state index contributed by atoms with van der Waals surface area (Å²) in [7, 11) is -0.888. The van der Waals surface area contributed by atoms with Crippen molar-refractivity contribution in [2.24, 2.45) is 0 Å². The van der Waals surface area contributed by atoms with Crippen LogP contribution in [0.25, 0.3) is 0 Å². The summed E-state index contributed by atoms with van der Waals surface area (Å²) in [5.74, 6) is 0.130. The molecule has 2 fully saturated rings. The summed E-state index contributed by atoms with van der Waals surface area (Å²) in [5, 5.41) is 0. The van der Waals surface area contributed by atoms with Gasteiger partial charge in [-0.3, -0.25) is 0 Å². The molecule has 182 valence electrons. The summed E-state index contributed by atoms with van der Waals surface area (Å²) in [6.07, 6.45) is 1.89. The summed E-state index contributed by atoms with van der Waals surface area (Å²) in [6.45, 7) is 16.9. The second-order valence-corrected chi connectivity index (χ2v) is 11.9. The maximum Gasteiger partial charge on any atom is 0.459 e. The van der Waals surface area contributed by atoms with Crippen molar-refractivity contribution in [1.29, 1.82) is 0 Å². The van der Waals surface area contributed by atoms with Crippen LogP contribution in [0.5, 0.6) is 0 Å². The number of aryl methyl sites for hydroxylation is 1. The first-order valence-electron chi connectivity index (χ1n) is 12.6. The molecule has 0 amide bonds. The van der Waals surface area contributed by atoms with Crippen molar-refractivity contribution in [2.45, 2.75) is 102 Å². The molecule has 0 radical (unpaired) electrons. The van der Waals surface area contributed by atoms with Crippen molar-refractivity contribution in [1.82, 2.24) is 0 Å². The zero-order valence-corrected chi connectivity index (χ0v) is 22.1. The van der Waals surface area contributed by atoms with E-state index >= 15 is 0 Å². The first kappa shape index (κ1) is 25.5. The van der Waals surface area contributed by atoms with Crippen LogP contribution in [-0.2, 0) is 25.0 Å². The Morgan fingerprint density at radius 3 is 1.38 bits per heavy atom. The molecule has 2 aliphatic heterocycles. The number of hydrogen-bond acceptors (Lipinski definition) is 4. The molecule has 4 rings (SSSR count). The summed E-state index contributed by atoms with van der Waals surface area (Å²) in [6, 6.07) is 21.4. The predicted molar refractivity (Wildman–Crippen MR) is 140 cm³/mol. The van der Waals surface area contributed by atoms with Gasteiger partial charge in [0.15, 0.2) is 0 Å². The molecule has 6 heteroatoms. The van der Waals surface area contributed by atoms with Crippen LogP contribution < -0.4 is 0 Å². The molecular weight excluding hydrogens is 422 g/mol. The van der Waals surface area contributed by atoms with Gasteiger partial charge in [0.2, 0.25) is 0 Å². The fraction of sp³-hybridized carbons (Fsp3) is 0.571. The Bertz CT molecular complexity index is 891. The van der Waals surface area contributed by atoms with Crippen LogP contribution in [0.15, 0.2) is 60.7 Å². The Balaban J connectivity index is 1.74. The topological polar surface area (TPSA) is 36.9 Å². The molecule has 2 aliphatic rings. The van der Waals surface area contributed by atoms with Crippen LogP contribution in [0.2, 0.25) is 5.72 Å². The molecular formula is C28H40B2O4. The smallest absolute Gasteiger partial charge is 0.403 e. The van der Waals surface area contributed by atoms with Crippen LogP contribution in [0.4, 0.5) is 0 Å². The van der Waals surface area contributed by atoms with Gasteiger partial charge in [-0.1, -0.05) is 60.7 Å². The van der Waals surface area contributed by atoms with E-state index in [4.69, 9.17) is 18.6 Å². The first-order valence-corrected chi connectivity index (χ1v) is 12.6. The molecule has 34 heavy (non-hydrogen) atoms. The van der Waals surface area contributed by atoms with Crippen LogP contribution in [0.3, 0.4) is 0 Å². The van der Waals surface area contributed by atoms with Gasteiger partial charge in [0, 0.05) is 5.72 Å². The molecule has 0 bridgehead atoms. The molecule has 4 nitrogen and oxygen atoms in total. The second-order valence-electron chi connectivity index (χ2n) is 11.9. The monoisotopic (exact) mass is 462 g/mol. The van der Waals surface area contributed by atoms with Gasteiger partial charge < -0.3 is 18.6 Å². The minimum atomic E-state index is -0.444. The van der Waals surface area contributed by atoms with Gasteiger partial charge in [0.25, 0.3) is 0 Å². The Morgan fingerprint density at radius 2 is 0.971 bits per heavy atom. The minimum absolute atomic E-state index is 0.130. The first-order chi connectivity index (χ1) is 15.8. The third-order valence-electron chi connectivity index (χ3n) is 8.45. The summed E-state index contributed by atoms with van der Waals surface area (Å²) >= 11 is 0. The maximum absolute atomic E-state index is 6.65. The van der Waals surface area contributed by atoms with Crippen LogP contribution in [0, 0.1) is 0 Å². The van der Waals surface area contributed by atoms with E-state index in [0.717, 1.165) is 12.8 Å². The van der Waals surface area contributed by atoms with E-state index in [-0.39, 0.29) is 11.6 Å². The van der Waals surface area contributed by atoms with E-state index in [2.05, 4.69) is 116 Å². The average molecular weight is 462 g/mol. The summed E-state index contributed by atoms with van der Waals surface area (Å²) in [5.41, 5.74) is 0.729. The maximum atomic E-state index is 6.65. The van der Waals surface area contributed by atoms with Crippen molar-refractivity contribution in [2.75, 3.05) is 0 Å².